The first-order chi connectivity index (χ1) is 12.2. The third-order valence-electron chi connectivity index (χ3n) is 4.30. The molecule has 1 aromatic carbocycles. The van der Waals surface area contributed by atoms with Gasteiger partial charge in [0.15, 0.2) is 0 Å². The number of carbonyl (C=O) groups is 1. The third-order valence-corrected chi connectivity index (χ3v) is 4.30. The average Bonchev–Trinajstić information content (AvgIpc) is 2.63. The Hall–Kier alpha value is -3.28. The molecular weight excluding hydrogens is 316 g/mol. The molecule has 0 radical (unpaired) electrons. The van der Waals surface area contributed by atoms with Crippen LogP contribution in [0.15, 0.2) is 71.8 Å². The normalized spacial score (nSPS) is 14.2. The third kappa shape index (κ3) is 2.94. The minimum absolute atomic E-state index is 0.0726. The van der Waals surface area contributed by atoms with E-state index in [1.54, 1.807) is 35.5 Å². The van der Waals surface area contributed by atoms with Gasteiger partial charge in [0, 0.05) is 37.1 Å². The maximum absolute atomic E-state index is 12.4. The van der Waals surface area contributed by atoms with Crippen molar-refractivity contribution >= 4 is 5.91 Å². The molecule has 3 heterocycles. The van der Waals surface area contributed by atoms with Crippen LogP contribution >= 0.6 is 0 Å². The SMILES string of the molecule is O=C(c1cccnc1)N1CC(n2nc(-c3ccccc3)ccc2=O)C1. The van der Waals surface area contributed by atoms with Gasteiger partial charge in [-0.1, -0.05) is 30.3 Å². The highest BCUT2D eigenvalue weighted by Gasteiger charge is 2.33. The van der Waals surface area contributed by atoms with Crippen molar-refractivity contribution in [3.63, 3.8) is 0 Å². The van der Waals surface area contributed by atoms with Crippen molar-refractivity contribution in [1.29, 1.82) is 0 Å². The van der Waals surface area contributed by atoms with Crippen LogP contribution in [0.1, 0.15) is 16.4 Å². The van der Waals surface area contributed by atoms with Crippen LogP contribution in [0.25, 0.3) is 11.3 Å². The van der Waals surface area contributed by atoms with E-state index in [-0.39, 0.29) is 17.5 Å². The topological polar surface area (TPSA) is 68.1 Å². The van der Waals surface area contributed by atoms with Gasteiger partial charge in [-0.2, -0.15) is 5.10 Å². The van der Waals surface area contributed by atoms with Crippen molar-refractivity contribution < 1.29 is 4.79 Å². The lowest BCUT2D eigenvalue weighted by Crippen LogP contribution is -2.53. The summed E-state index contributed by atoms with van der Waals surface area (Å²) in [4.78, 5) is 30.2. The molecule has 0 N–H and O–H groups in total. The Kier molecular flexibility index (Phi) is 3.85. The molecular formula is C19H16N4O2. The minimum atomic E-state index is -0.154. The standard InChI is InChI=1S/C19H16N4O2/c24-18-9-8-17(14-5-2-1-3-6-14)21-23(18)16-12-22(13-16)19(25)15-7-4-10-20-11-15/h1-11,16H,12-13H2. The van der Waals surface area contributed by atoms with Gasteiger partial charge in [0.1, 0.15) is 0 Å². The summed E-state index contributed by atoms with van der Waals surface area (Å²) in [5, 5.41) is 4.48. The van der Waals surface area contributed by atoms with Crippen molar-refractivity contribution in [2.75, 3.05) is 13.1 Å². The van der Waals surface area contributed by atoms with Crippen LogP contribution in [0.5, 0.6) is 0 Å². The largest absolute Gasteiger partial charge is 0.334 e. The number of hydrogen-bond donors (Lipinski definition) is 0. The number of likely N-dealkylation sites (tertiary alicyclic amines) is 1. The van der Waals surface area contributed by atoms with Gasteiger partial charge in [0.05, 0.1) is 17.3 Å². The molecule has 124 valence electrons. The van der Waals surface area contributed by atoms with E-state index in [1.165, 1.54) is 10.7 Å². The minimum Gasteiger partial charge on any atom is -0.334 e. The Balaban J connectivity index is 1.53. The fourth-order valence-electron chi connectivity index (χ4n) is 2.90. The molecule has 0 spiro atoms. The quantitative estimate of drug-likeness (QED) is 0.736. The van der Waals surface area contributed by atoms with E-state index in [0.29, 0.717) is 18.7 Å². The number of hydrogen-bond acceptors (Lipinski definition) is 4. The van der Waals surface area contributed by atoms with E-state index in [9.17, 15) is 9.59 Å². The summed E-state index contributed by atoms with van der Waals surface area (Å²) in [6.07, 6.45) is 3.18. The van der Waals surface area contributed by atoms with Crippen molar-refractivity contribution in [1.82, 2.24) is 19.7 Å². The second kappa shape index (κ2) is 6.32. The van der Waals surface area contributed by atoms with E-state index in [2.05, 4.69) is 10.1 Å². The van der Waals surface area contributed by atoms with Gasteiger partial charge in [0.25, 0.3) is 11.5 Å². The number of aromatic nitrogens is 3. The highest BCUT2D eigenvalue weighted by molar-refractivity contribution is 5.94. The maximum Gasteiger partial charge on any atom is 0.267 e. The first-order valence-electron chi connectivity index (χ1n) is 8.07. The zero-order valence-corrected chi connectivity index (χ0v) is 13.4. The summed E-state index contributed by atoms with van der Waals surface area (Å²) in [6, 6.07) is 16.3. The van der Waals surface area contributed by atoms with Gasteiger partial charge in [-0.15, -0.1) is 0 Å². The molecule has 1 aliphatic rings. The molecule has 3 aromatic rings. The predicted octanol–water partition coefficient (Wildman–Crippen LogP) is 2.00. The highest BCUT2D eigenvalue weighted by atomic mass is 16.2. The number of benzene rings is 1. The molecule has 1 aliphatic heterocycles. The van der Waals surface area contributed by atoms with E-state index >= 15 is 0 Å². The Bertz CT molecular complexity index is 948. The average molecular weight is 332 g/mol. The first-order valence-corrected chi connectivity index (χ1v) is 8.07. The zero-order chi connectivity index (χ0) is 17.2. The van der Waals surface area contributed by atoms with Crippen LogP contribution < -0.4 is 5.56 Å². The summed E-state index contributed by atoms with van der Waals surface area (Å²) in [5.41, 5.74) is 2.11. The van der Waals surface area contributed by atoms with E-state index in [4.69, 9.17) is 0 Å². The van der Waals surface area contributed by atoms with Gasteiger partial charge < -0.3 is 4.90 Å². The molecule has 0 saturated carbocycles. The predicted molar refractivity (Wildman–Crippen MR) is 93.1 cm³/mol. The fraction of sp³-hybridized carbons (Fsp3) is 0.158. The van der Waals surface area contributed by atoms with Crippen molar-refractivity contribution in [2.45, 2.75) is 6.04 Å². The van der Waals surface area contributed by atoms with Gasteiger partial charge >= 0.3 is 0 Å². The summed E-state index contributed by atoms with van der Waals surface area (Å²) in [6.45, 7) is 0.942. The van der Waals surface area contributed by atoms with Gasteiger partial charge in [-0.05, 0) is 18.2 Å². The van der Waals surface area contributed by atoms with Crippen LogP contribution in [0, 0.1) is 0 Å². The summed E-state index contributed by atoms with van der Waals surface area (Å²) in [5.74, 6) is -0.0726. The lowest BCUT2D eigenvalue weighted by Gasteiger charge is -2.39. The molecule has 0 bridgehead atoms. The maximum atomic E-state index is 12.4. The van der Waals surface area contributed by atoms with Gasteiger partial charge in [-0.25, -0.2) is 4.68 Å². The Morgan fingerprint density at radius 1 is 1.00 bits per heavy atom. The number of rotatable bonds is 3. The van der Waals surface area contributed by atoms with Crippen molar-refractivity contribution in [3.05, 3.63) is 82.9 Å². The second-order valence-electron chi connectivity index (χ2n) is 5.97. The molecule has 0 atom stereocenters. The fourth-order valence-corrected chi connectivity index (χ4v) is 2.90. The Morgan fingerprint density at radius 2 is 1.80 bits per heavy atom. The van der Waals surface area contributed by atoms with Crippen LogP contribution in [0.3, 0.4) is 0 Å². The number of carbonyl (C=O) groups excluding carboxylic acids is 1. The number of nitrogens with zero attached hydrogens (tertiary/aromatic N) is 4. The van der Waals surface area contributed by atoms with Crippen LogP contribution in [-0.2, 0) is 0 Å². The second-order valence-corrected chi connectivity index (χ2v) is 5.97. The van der Waals surface area contributed by atoms with E-state index in [0.717, 1.165) is 11.3 Å². The molecule has 2 aromatic heterocycles. The highest BCUT2D eigenvalue weighted by Crippen LogP contribution is 2.22. The summed E-state index contributed by atoms with van der Waals surface area (Å²) >= 11 is 0. The zero-order valence-electron chi connectivity index (χ0n) is 13.4. The molecule has 1 fully saturated rings. The van der Waals surface area contributed by atoms with Crippen molar-refractivity contribution in [2.24, 2.45) is 0 Å². The Labute approximate surface area is 144 Å². The van der Waals surface area contributed by atoms with E-state index < -0.39 is 0 Å². The Morgan fingerprint density at radius 3 is 2.52 bits per heavy atom. The molecule has 0 unspecified atom stereocenters. The molecule has 1 amide bonds. The first kappa shape index (κ1) is 15.3. The molecule has 6 nitrogen and oxygen atoms in total. The number of pyridine rings is 1. The summed E-state index contributed by atoms with van der Waals surface area (Å²) in [7, 11) is 0. The summed E-state index contributed by atoms with van der Waals surface area (Å²) < 4.78 is 1.48. The lowest BCUT2D eigenvalue weighted by molar-refractivity contribution is 0.0493. The van der Waals surface area contributed by atoms with Crippen LogP contribution in [0.4, 0.5) is 0 Å². The molecule has 0 aliphatic carbocycles. The molecule has 4 rings (SSSR count). The lowest BCUT2D eigenvalue weighted by atomic mass is 10.1. The molecule has 25 heavy (non-hydrogen) atoms. The smallest absolute Gasteiger partial charge is 0.267 e. The molecule has 1 saturated heterocycles. The number of amides is 1. The van der Waals surface area contributed by atoms with E-state index in [1.807, 2.05) is 30.3 Å². The monoisotopic (exact) mass is 332 g/mol. The molecule has 6 heteroatoms. The van der Waals surface area contributed by atoms with Crippen molar-refractivity contribution in [3.8, 4) is 11.3 Å². The van der Waals surface area contributed by atoms with Gasteiger partial charge in [-0.3, -0.25) is 14.6 Å². The van der Waals surface area contributed by atoms with Crippen LogP contribution in [-0.4, -0.2) is 38.7 Å². The van der Waals surface area contributed by atoms with Gasteiger partial charge in [0.2, 0.25) is 0 Å². The van der Waals surface area contributed by atoms with Crippen LogP contribution in [0.2, 0.25) is 0 Å².